The summed E-state index contributed by atoms with van der Waals surface area (Å²) in [5.41, 5.74) is 1.05. The summed E-state index contributed by atoms with van der Waals surface area (Å²) < 4.78 is 11.2. The first-order valence-electron chi connectivity index (χ1n) is 8.94. The molecule has 0 unspecified atom stereocenters. The standard InChI is InChI=1S/C20H26O5/c1-12-17(22)9-14-8-15(21)10-16(20(23)24-2)18(14)19(12)25-11-13-6-4-3-5-7-13/h3-7,12,14,16-19,22H,8-11H2,1-2H3/t12-,14-,16+,17+,18+,19+/m0/s1. The Morgan fingerprint density at radius 2 is 1.96 bits per heavy atom. The first-order valence-corrected chi connectivity index (χ1v) is 8.94. The summed E-state index contributed by atoms with van der Waals surface area (Å²) in [4.78, 5) is 24.4. The Morgan fingerprint density at radius 1 is 1.24 bits per heavy atom. The molecule has 5 nitrogen and oxygen atoms in total. The van der Waals surface area contributed by atoms with Gasteiger partial charge in [-0.2, -0.15) is 0 Å². The van der Waals surface area contributed by atoms with E-state index < -0.39 is 12.0 Å². The maximum atomic E-state index is 12.3. The van der Waals surface area contributed by atoms with Gasteiger partial charge in [-0.3, -0.25) is 9.59 Å². The number of hydrogen-bond donors (Lipinski definition) is 1. The van der Waals surface area contributed by atoms with Gasteiger partial charge in [-0.1, -0.05) is 37.3 Å². The monoisotopic (exact) mass is 346 g/mol. The summed E-state index contributed by atoms with van der Waals surface area (Å²) in [7, 11) is 1.36. The quantitative estimate of drug-likeness (QED) is 0.847. The number of aliphatic hydroxyl groups is 1. The van der Waals surface area contributed by atoms with Crippen molar-refractivity contribution in [2.24, 2.45) is 23.7 Å². The van der Waals surface area contributed by atoms with E-state index in [0.717, 1.165) is 5.56 Å². The van der Waals surface area contributed by atoms with Crippen LogP contribution >= 0.6 is 0 Å². The van der Waals surface area contributed by atoms with Crippen molar-refractivity contribution in [3.05, 3.63) is 35.9 Å². The van der Waals surface area contributed by atoms with Crippen molar-refractivity contribution in [2.75, 3.05) is 7.11 Å². The van der Waals surface area contributed by atoms with Gasteiger partial charge in [-0.25, -0.2) is 0 Å². The van der Waals surface area contributed by atoms with Crippen LogP contribution in [0.1, 0.15) is 31.7 Å². The number of benzene rings is 1. The number of aliphatic hydroxyl groups excluding tert-OH is 1. The fraction of sp³-hybridized carbons (Fsp3) is 0.600. The summed E-state index contributed by atoms with van der Waals surface area (Å²) in [5.74, 6) is -0.970. The molecule has 2 fully saturated rings. The molecule has 136 valence electrons. The summed E-state index contributed by atoms with van der Waals surface area (Å²) >= 11 is 0. The average molecular weight is 346 g/mol. The molecule has 0 radical (unpaired) electrons. The largest absolute Gasteiger partial charge is 0.469 e. The highest BCUT2D eigenvalue weighted by Crippen LogP contribution is 2.46. The smallest absolute Gasteiger partial charge is 0.309 e. The summed E-state index contributed by atoms with van der Waals surface area (Å²) in [5, 5.41) is 10.4. The first-order chi connectivity index (χ1) is 12.0. The molecule has 0 saturated heterocycles. The molecule has 25 heavy (non-hydrogen) atoms. The normalized spacial score (nSPS) is 35.1. The van der Waals surface area contributed by atoms with Crippen LogP contribution in [0.25, 0.3) is 0 Å². The van der Waals surface area contributed by atoms with E-state index in [-0.39, 0.29) is 42.0 Å². The average Bonchev–Trinajstić information content (AvgIpc) is 2.61. The third-order valence-corrected chi connectivity index (χ3v) is 5.78. The van der Waals surface area contributed by atoms with Gasteiger partial charge in [0.15, 0.2) is 0 Å². The minimum atomic E-state index is -0.522. The number of hydrogen-bond acceptors (Lipinski definition) is 5. The molecule has 5 heteroatoms. The van der Waals surface area contributed by atoms with Crippen molar-refractivity contribution in [2.45, 2.75) is 45.0 Å². The van der Waals surface area contributed by atoms with Crippen molar-refractivity contribution >= 4 is 11.8 Å². The maximum Gasteiger partial charge on any atom is 0.309 e. The Morgan fingerprint density at radius 3 is 2.64 bits per heavy atom. The molecule has 3 rings (SSSR count). The molecule has 0 heterocycles. The predicted molar refractivity (Wildman–Crippen MR) is 91.5 cm³/mol. The Labute approximate surface area is 148 Å². The third-order valence-electron chi connectivity index (χ3n) is 5.78. The Bertz CT molecular complexity index is 614. The SMILES string of the molecule is COC(=O)[C@@H]1CC(=O)C[C@H]2C[C@@H](O)[C@H](C)[C@@H](OCc3ccccc3)[C@H]21. The highest BCUT2D eigenvalue weighted by Gasteiger charge is 2.51. The van der Waals surface area contributed by atoms with Gasteiger partial charge in [0.1, 0.15) is 5.78 Å². The Hall–Kier alpha value is -1.72. The van der Waals surface area contributed by atoms with E-state index in [2.05, 4.69) is 0 Å². The van der Waals surface area contributed by atoms with E-state index in [4.69, 9.17) is 9.47 Å². The molecule has 6 atom stereocenters. The number of ketones is 1. The van der Waals surface area contributed by atoms with Gasteiger partial charge >= 0.3 is 5.97 Å². The molecular weight excluding hydrogens is 320 g/mol. The highest BCUT2D eigenvalue weighted by atomic mass is 16.5. The lowest BCUT2D eigenvalue weighted by atomic mass is 9.60. The molecule has 0 aliphatic heterocycles. The van der Waals surface area contributed by atoms with Crippen LogP contribution in [-0.4, -0.2) is 36.2 Å². The van der Waals surface area contributed by atoms with E-state index >= 15 is 0 Å². The van der Waals surface area contributed by atoms with Crippen LogP contribution in [0.5, 0.6) is 0 Å². The number of carbonyl (C=O) groups excluding carboxylic acids is 2. The van der Waals surface area contributed by atoms with Crippen LogP contribution in [0.2, 0.25) is 0 Å². The van der Waals surface area contributed by atoms with Crippen molar-refractivity contribution < 1.29 is 24.2 Å². The minimum Gasteiger partial charge on any atom is -0.469 e. The zero-order valence-electron chi connectivity index (χ0n) is 14.8. The zero-order valence-corrected chi connectivity index (χ0v) is 14.8. The van der Waals surface area contributed by atoms with E-state index in [9.17, 15) is 14.7 Å². The fourth-order valence-electron chi connectivity index (χ4n) is 4.48. The number of carbonyl (C=O) groups is 2. The van der Waals surface area contributed by atoms with Gasteiger partial charge < -0.3 is 14.6 Å². The van der Waals surface area contributed by atoms with Crippen LogP contribution in [-0.2, 0) is 25.7 Å². The van der Waals surface area contributed by atoms with Crippen LogP contribution in [0, 0.1) is 23.7 Å². The van der Waals surface area contributed by atoms with Crippen LogP contribution in [0.15, 0.2) is 30.3 Å². The molecule has 2 saturated carbocycles. The maximum absolute atomic E-state index is 12.3. The third kappa shape index (κ3) is 3.77. The topological polar surface area (TPSA) is 72.8 Å². The molecular formula is C20H26O5. The first kappa shape index (κ1) is 18.1. The number of Topliss-reactive ketones (excluding diaryl/α,β-unsaturated/α-hetero) is 1. The van der Waals surface area contributed by atoms with Gasteiger partial charge in [0.05, 0.1) is 31.8 Å². The van der Waals surface area contributed by atoms with Gasteiger partial charge in [0.2, 0.25) is 0 Å². The Kier molecular flexibility index (Phi) is 5.54. The molecule has 1 N–H and O–H groups in total. The fourth-order valence-corrected chi connectivity index (χ4v) is 4.48. The van der Waals surface area contributed by atoms with Crippen LogP contribution in [0.3, 0.4) is 0 Å². The van der Waals surface area contributed by atoms with Gasteiger partial charge in [-0.05, 0) is 17.9 Å². The second-order valence-electron chi connectivity index (χ2n) is 7.34. The molecule has 0 spiro atoms. The zero-order chi connectivity index (χ0) is 18.0. The number of esters is 1. The second-order valence-corrected chi connectivity index (χ2v) is 7.34. The van der Waals surface area contributed by atoms with Crippen LogP contribution in [0.4, 0.5) is 0 Å². The van der Waals surface area contributed by atoms with Crippen molar-refractivity contribution in [1.82, 2.24) is 0 Å². The van der Waals surface area contributed by atoms with Crippen LogP contribution < -0.4 is 0 Å². The summed E-state index contributed by atoms with van der Waals surface area (Å²) in [6.45, 7) is 2.38. The second kappa shape index (κ2) is 7.67. The van der Waals surface area contributed by atoms with Gasteiger partial charge in [0, 0.05) is 24.7 Å². The number of ether oxygens (including phenoxy) is 2. The van der Waals surface area contributed by atoms with Crippen molar-refractivity contribution in [3.63, 3.8) is 0 Å². The summed E-state index contributed by atoms with van der Waals surface area (Å²) in [6.07, 6.45) is 0.364. The van der Waals surface area contributed by atoms with Crippen molar-refractivity contribution in [1.29, 1.82) is 0 Å². The van der Waals surface area contributed by atoms with Gasteiger partial charge in [0.25, 0.3) is 0 Å². The Balaban J connectivity index is 1.83. The number of rotatable bonds is 4. The predicted octanol–water partition coefficient (Wildman–Crippen LogP) is 2.36. The highest BCUT2D eigenvalue weighted by molar-refractivity contribution is 5.86. The lowest BCUT2D eigenvalue weighted by Crippen LogP contribution is -2.54. The lowest BCUT2D eigenvalue weighted by molar-refractivity contribution is -0.173. The molecule has 1 aromatic carbocycles. The van der Waals surface area contributed by atoms with Crippen molar-refractivity contribution in [3.8, 4) is 0 Å². The molecule has 0 aromatic heterocycles. The molecule has 2 aliphatic carbocycles. The number of methoxy groups -OCH3 is 1. The summed E-state index contributed by atoms with van der Waals surface area (Å²) in [6, 6.07) is 9.84. The minimum absolute atomic E-state index is 0.0303. The van der Waals surface area contributed by atoms with E-state index in [1.54, 1.807) is 0 Å². The molecule has 0 amide bonds. The molecule has 0 bridgehead atoms. The molecule has 2 aliphatic rings. The van der Waals surface area contributed by atoms with E-state index in [1.807, 2.05) is 37.3 Å². The van der Waals surface area contributed by atoms with Gasteiger partial charge in [-0.15, -0.1) is 0 Å². The molecule has 1 aromatic rings. The number of fused-ring (bicyclic) bond motifs is 1. The van der Waals surface area contributed by atoms with E-state index in [0.29, 0.717) is 19.4 Å². The van der Waals surface area contributed by atoms with E-state index in [1.165, 1.54) is 7.11 Å². The lowest BCUT2D eigenvalue weighted by Gasteiger charge is -2.48.